The molecule has 12 heteroatoms. The molecular weight excluding hydrogens is 476 g/mol. The summed E-state index contributed by atoms with van der Waals surface area (Å²) < 4.78 is 11.6. The van der Waals surface area contributed by atoms with Crippen LogP contribution in [0, 0.1) is 17.2 Å². The second-order valence-electron chi connectivity index (χ2n) is 10.1. The van der Waals surface area contributed by atoms with E-state index in [1.54, 1.807) is 15.9 Å². The summed E-state index contributed by atoms with van der Waals surface area (Å²) in [6, 6.07) is 3.60. The van der Waals surface area contributed by atoms with Crippen molar-refractivity contribution >= 4 is 29.3 Å². The first-order chi connectivity index (χ1) is 17.5. The number of carbonyl (C=O) groups is 2. The minimum atomic E-state index is -0.527. The summed E-state index contributed by atoms with van der Waals surface area (Å²) in [7, 11) is 3.62. The maximum atomic E-state index is 12.4. The molecule has 1 aliphatic rings. The summed E-state index contributed by atoms with van der Waals surface area (Å²) in [5.74, 6) is 1.36. The summed E-state index contributed by atoms with van der Waals surface area (Å²) in [6.45, 7) is 7.37. The van der Waals surface area contributed by atoms with E-state index in [1.807, 2.05) is 40.9 Å². The van der Waals surface area contributed by atoms with Gasteiger partial charge in [-0.1, -0.05) is 0 Å². The number of pyridine rings is 1. The fourth-order valence-corrected chi connectivity index (χ4v) is 3.59. The van der Waals surface area contributed by atoms with Gasteiger partial charge in [-0.3, -0.25) is 4.79 Å². The Morgan fingerprint density at radius 2 is 1.84 bits per heavy atom. The monoisotopic (exact) mass is 510 g/mol. The second kappa shape index (κ2) is 12.3. The van der Waals surface area contributed by atoms with Gasteiger partial charge in [0.05, 0.1) is 31.7 Å². The van der Waals surface area contributed by atoms with Gasteiger partial charge in [-0.25, -0.2) is 19.7 Å². The predicted octanol–water partition coefficient (Wildman–Crippen LogP) is 3.01. The molecule has 0 spiro atoms. The summed E-state index contributed by atoms with van der Waals surface area (Å²) in [5, 5.41) is 14.8. The summed E-state index contributed by atoms with van der Waals surface area (Å²) in [4.78, 5) is 40.7. The number of hydrogen-bond donors (Lipinski definition) is 2. The maximum absolute atomic E-state index is 12.4. The number of anilines is 3. The second-order valence-corrected chi connectivity index (χ2v) is 10.1. The van der Waals surface area contributed by atoms with E-state index in [9.17, 15) is 9.59 Å². The van der Waals surface area contributed by atoms with E-state index in [1.165, 1.54) is 18.6 Å². The number of nitrogens with zero attached hydrogens (tertiary/aromatic N) is 6. The molecule has 2 aromatic rings. The van der Waals surface area contributed by atoms with Gasteiger partial charge in [0.25, 0.3) is 0 Å². The van der Waals surface area contributed by atoms with Crippen molar-refractivity contribution in [1.82, 2.24) is 24.8 Å². The third kappa shape index (κ3) is 8.88. The van der Waals surface area contributed by atoms with Crippen LogP contribution in [0.4, 0.5) is 22.1 Å². The zero-order chi connectivity index (χ0) is 27.0. The number of likely N-dealkylation sites (tertiary alicyclic amines) is 1. The Hall–Kier alpha value is -3.98. The normalized spacial score (nSPS) is 14.1. The van der Waals surface area contributed by atoms with Crippen LogP contribution in [0.5, 0.6) is 5.75 Å². The number of carbonyl (C=O) groups excluding carboxylic acids is 2. The molecule has 0 unspecified atom stereocenters. The zero-order valence-corrected chi connectivity index (χ0v) is 21.9. The Morgan fingerprint density at radius 3 is 2.43 bits per heavy atom. The van der Waals surface area contributed by atoms with Crippen molar-refractivity contribution in [2.45, 2.75) is 39.2 Å². The average Bonchev–Trinajstić information content (AvgIpc) is 2.83. The lowest BCUT2D eigenvalue weighted by Gasteiger charge is -2.33. The van der Waals surface area contributed by atoms with Crippen molar-refractivity contribution in [3.05, 3.63) is 30.4 Å². The Labute approximate surface area is 217 Å². The number of rotatable bonds is 8. The number of likely N-dealkylation sites (N-methyl/N-ethyl adjacent to an activating group) is 1. The molecule has 37 heavy (non-hydrogen) atoms. The highest BCUT2D eigenvalue weighted by Crippen LogP contribution is 2.29. The number of amides is 2. The number of hydrogen-bond acceptors (Lipinski definition) is 10. The lowest BCUT2D eigenvalue weighted by molar-refractivity contribution is -0.116. The molecule has 0 saturated carbocycles. The van der Waals surface area contributed by atoms with Crippen LogP contribution in [-0.2, 0) is 9.53 Å². The van der Waals surface area contributed by atoms with Crippen LogP contribution in [0.1, 0.15) is 39.3 Å². The highest BCUT2D eigenvalue weighted by atomic mass is 16.6. The van der Waals surface area contributed by atoms with E-state index in [0.717, 1.165) is 12.8 Å². The number of nitrogens with one attached hydrogen (secondary N) is 2. The molecule has 0 radical (unpaired) electrons. The van der Waals surface area contributed by atoms with Crippen molar-refractivity contribution < 1.29 is 19.1 Å². The Kier molecular flexibility index (Phi) is 9.19. The quantitative estimate of drug-likeness (QED) is 0.543. The van der Waals surface area contributed by atoms with E-state index in [4.69, 9.17) is 14.7 Å². The lowest BCUT2D eigenvalue weighted by atomic mass is 9.98. The van der Waals surface area contributed by atoms with Gasteiger partial charge in [-0.15, -0.1) is 0 Å². The fourth-order valence-electron chi connectivity index (χ4n) is 3.59. The van der Waals surface area contributed by atoms with Gasteiger partial charge in [-0.2, -0.15) is 5.26 Å². The van der Waals surface area contributed by atoms with Gasteiger partial charge < -0.3 is 29.9 Å². The molecule has 2 aromatic heterocycles. The van der Waals surface area contributed by atoms with Crippen molar-refractivity contribution in [3.63, 3.8) is 0 Å². The van der Waals surface area contributed by atoms with Crippen LogP contribution in [0.25, 0.3) is 0 Å². The summed E-state index contributed by atoms with van der Waals surface area (Å²) >= 11 is 0. The van der Waals surface area contributed by atoms with E-state index in [0.29, 0.717) is 42.8 Å². The first-order valence-electron chi connectivity index (χ1n) is 12.1. The number of aromatic nitrogens is 3. The average molecular weight is 511 g/mol. The molecule has 3 heterocycles. The minimum absolute atomic E-state index is 0.194. The van der Waals surface area contributed by atoms with Gasteiger partial charge in [0, 0.05) is 19.2 Å². The molecule has 198 valence electrons. The van der Waals surface area contributed by atoms with Crippen LogP contribution in [0.3, 0.4) is 0 Å². The summed E-state index contributed by atoms with van der Waals surface area (Å²) in [6.07, 6.45) is 5.57. The topological polar surface area (TPSA) is 146 Å². The van der Waals surface area contributed by atoms with Crippen LogP contribution in [0.15, 0.2) is 24.7 Å². The Bertz CT molecular complexity index is 1120. The van der Waals surface area contributed by atoms with Crippen LogP contribution in [-0.4, -0.2) is 82.7 Å². The Balaban J connectivity index is 1.66. The van der Waals surface area contributed by atoms with Crippen LogP contribution < -0.4 is 15.4 Å². The smallest absolute Gasteiger partial charge is 0.410 e. The van der Waals surface area contributed by atoms with E-state index < -0.39 is 5.60 Å². The molecule has 0 atom stereocenters. The van der Waals surface area contributed by atoms with Gasteiger partial charge in [0.1, 0.15) is 34.7 Å². The summed E-state index contributed by atoms with van der Waals surface area (Å²) in [5.41, 5.74) is 0.134. The molecule has 3 rings (SSSR count). The van der Waals surface area contributed by atoms with Gasteiger partial charge in [-0.05, 0) is 53.6 Å². The molecule has 1 aliphatic heterocycles. The predicted molar refractivity (Wildman–Crippen MR) is 137 cm³/mol. The Morgan fingerprint density at radius 1 is 1.14 bits per heavy atom. The third-order valence-electron chi connectivity index (χ3n) is 5.36. The standard InChI is InChI=1S/C25H34N8O4/c1-25(2,3)37-24(35)33-8-6-17(7-9-33)16-36-20-10-21(31-22-14-27-18(11-26)12-28-22)29-13-19(20)30-23(34)15-32(4)5/h10,12-14,17H,6-9,15-16H2,1-5H3,(H,30,34)(H,28,29,31). The van der Waals surface area contributed by atoms with Crippen molar-refractivity contribution in [2.24, 2.45) is 5.92 Å². The molecule has 1 saturated heterocycles. The van der Waals surface area contributed by atoms with Crippen LogP contribution >= 0.6 is 0 Å². The molecule has 0 aliphatic carbocycles. The number of ether oxygens (including phenoxy) is 2. The SMILES string of the molecule is CN(C)CC(=O)Nc1cnc(Nc2cnc(C#N)cn2)cc1OCC1CCN(C(=O)OC(C)(C)C)CC1. The maximum Gasteiger partial charge on any atom is 0.410 e. The van der Waals surface area contributed by atoms with E-state index in [2.05, 4.69) is 25.6 Å². The highest BCUT2D eigenvalue weighted by molar-refractivity contribution is 5.93. The zero-order valence-electron chi connectivity index (χ0n) is 21.9. The first-order valence-corrected chi connectivity index (χ1v) is 12.1. The van der Waals surface area contributed by atoms with E-state index >= 15 is 0 Å². The van der Waals surface area contributed by atoms with Crippen molar-refractivity contribution in [2.75, 3.05) is 51.0 Å². The molecule has 2 N–H and O–H groups in total. The first kappa shape index (κ1) is 27.6. The molecule has 2 amide bonds. The molecule has 0 aromatic carbocycles. The molecule has 12 nitrogen and oxygen atoms in total. The molecular formula is C25H34N8O4. The molecule has 1 fully saturated rings. The number of nitriles is 1. The fraction of sp³-hybridized carbons (Fsp3) is 0.520. The van der Waals surface area contributed by atoms with Gasteiger partial charge >= 0.3 is 6.09 Å². The highest BCUT2D eigenvalue weighted by Gasteiger charge is 2.27. The van der Waals surface area contributed by atoms with Gasteiger partial charge in [0.15, 0.2) is 5.69 Å². The lowest BCUT2D eigenvalue weighted by Crippen LogP contribution is -2.42. The van der Waals surface area contributed by atoms with Crippen LogP contribution in [0.2, 0.25) is 0 Å². The largest absolute Gasteiger partial charge is 0.491 e. The molecule has 0 bridgehead atoms. The number of piperidine rings is 1. The van der Waals surface area contributed by atoms with E-state index in [-0.39, 0.29) is 30.2 Å². The van der Waals surface area contributed by atoms with Crippen molar-refractivity contribution in [3.8, 4) is 11.8 Å². The van der Waals surface area contributed by atoms with Gasteiger partial charge in [0.2, 0.25) is 5.91 Å². The minimum Gasteiger partial charge on any atom is -0.491 e. The third-order valence-corrected chi connectivity index (χ3v) is 5.36. The van der Waals surface area contributed by atoms with Crippen molar-refractivity contribution in [1.29, 1.82) is 5.26 Å².